The third-order valence-corrected chi connectivity index (χ3v) is 6.19. The molecule has 0 atom stereocenters. The van der Waals surface area contributed by atoms with Crippen molar-refractivity contribution >= 4 is 18.2 Å². The van der Waals surface area contributed by atoms with E-state index in [4.69, 9.17) is 0 Å². The number of pyridine rings is 1. The molecular weight excluding hydrogens is 456 g/mol. The molecule has 0 unspecified atom stereocenters. The molecule has 1 saturated heterocycles. The standard InChI is InChI=1S/C26H25F2N5.ClH/c1-19-21(17-30-33(19)24-10-8-23(28)9-11-24)18-31-13-15-32(16-14-31)26-25(3-2-12-29-26)20-4-6-22(27)7-5-20;/h2-12,17H,13-16,18H2,1H3;1H. The van der Waals surface area contributed by atoms with Crippen molar-refractivity contribution in [2.45, 2.75) is 13.5 Å². The van der Waals surface area contributed by atoms with Gasteiger partial charge in [-0.1, -0.05) is 12.1 Å². The summed E-state index contributed by atoms with van der Waals surface area (Å²) in [7, 11) is 0. The molecule has 2 aromatic carbocycles. The summed E-state index contributed by atoms with van der Waals surface area (Å²) in [6, 6.07) is 16.9. The van der Waals surface area contributed by atoms with Gasteiger partial charge in [0.1, 0.15) is 17.5 Å². The molecule has 0 bridgehead atoms. The minimum Gasteiger partial charge on any atom is -0.354 e. The lowest BCUT2D eigenvalue weighted by atomic mass is 10.1. The quantitative estimate of drug-likeness (QED) is 0.389. The maximum atomic E-state index is 13.4. The Hall–Kier alpha value is -3.29. The molecule has 1 aliphatic heterocycles. The third kappa shape index (κ3) is 4.95. The van der Waals surface area contributed by atoms with Gasteiger partial charge >= 0.3 is 0 Å². The number of hydrogen-bond acceptors (Lipinski definition) is 4. The second kappa shape index (κ2) is 10.3. The first-order valence-corrected chi connectivity index (χ1v) is 11.1. The number of rotatable bonds is 5. The number of nitrogens with zero attached hydrogens (tertiary/aromatic N) is 5. The Morgan fingerprint density at radius 2 is 1.50 bits per heavy atom. The molecular formula is C26H26ClF2N5. The van der Waals surface area contributed by atoms with Gasteiger partial charge in [0.2, 0.25) is 0 Å². The second-order valence-corrected chi connectivity index (χ2v) is 8.29. The Kier molecular flexibility index (Phi) is 7.24. The van der Waals surface area contributed by atoms with Crippen LogP contribution in [-0.4, -0.2) is 45.8 Å². The van der Waals surface area contributed by atoms with Crippen LogP contribution < -0.4 is 4.90 Å². The molecule has 5 rings (SSSR count). The molecule has 4 aromatic rings. The van der Waals surface area contributed by atoms with Crippen LogP contribution in [0.15, 0.2) is 73.1 Å². The van der Waals surface area contributed by atoms with Gasteiger partial charge in [0.15, 0.2) is 0 Å². The van der Waals surface area contributed by atoms with Crippen molar-refractivity contribution in [3.05, 3.63) is 95.9 Å². The smallest absolute Gasteiger partial charge is 0.136 e. The first-order chi connectivity index (χ1) is 16.1. The van der Waals surface area contributed by atoms with Crippen molar-refractivity contribution in [2.24, 2.45) is 0 Å². The van der Waals surface area contributed by atoms with Crippen molar-refractivity contribution in [3.63, 3.8) is 0 Å². The van der Waals surface area contributed by atoms with Crippen LogP contribution in [0.2, 0.25) is 0 Å². The van der Waals surface area contributed by atoms with Crippen LogP contribution in [0, 0.1) is 18.6 Å². The Bertz CT molecular complexity index is 1230. The Labute approximate surface area is 204 Å². The molecule has 176 valence electrons. The molecule has 0 saturated carbocycles. The van der Waals surface area contributed by atoms with E-state index in [-0.39, 0.29) is 24.0 Å². The third-order valence-electron chi connectivity index (χ3n) is 6.19. The maximum absolute atomic E-state index is 13.4. The minimum atomic E-state index is -0.253. The predicted molar refractivity (Wildman–Crippen MR) is 133 cm³/mol. The Morgan fingerprint density at radius 3 is 2.18 bits per heavy atom. The van der Waals surface area contributed by atoms with Crippen LogP contribution in [0.5, 0.6) is 0 Å². The van der Waals surface area contributed by atoms with Gasteiger partial charge in [-0.2, -0.15) is 5.10 Å². The molecule has 0 aliphatic carbocycles. The molecule has 0 N–H and O–H groups in total. The van der Waals surface area contributed by atoms with Gasteiger partial charge in [-0.15, -0.1) is 12.4 Å². The fraction of sp³-hybridized carbons (Fsp3) is 0.231. The van der Waals surface area contributed by atoms with E-state index in [2.05, 4.69) is 19.9 Å². The molecule has 0 spiro atoms. The number of hydrogen-bond donors (Lipinski definition) is 0. The first kappa shape index (κ1) is 23.9. The van der Waals surface area contributed by atoms with Crippen molar-refractivity contribution in [2.75, 3.05) is 31.1 Å². The van der Waals surface area contributed by atoms with E-state index in [1.807, 2.05) is 36.1 Å². The lowest BCUT2D eigenvalue weighted by Gasteiger charge is -2.36. The first-order valence-electron chi connectivity index (χ1n) is 11.1. The fourth-order valence-corrected chi connectivity index (χ4v) is 4.30. The molecule has 1 fully saturated rings. The normalized spacial score (nSPS) is 14.1. The average molecular weight is 482 g/mol. The van der Waals surface area contributed by atoms with Crippen LogP contribution in [0.1, 0.15) is 11.3 Å². The van der Waals surface area contributed by atoms with Gasteiger partial charge < -0.3 is 4.90 Å². The van der Waals surface area contributed by atoms with Crippen molar-refractivity contribution < 1.29 is 8.78 Å². The summed E-state index contributed by atoms with van der Waals surface area (Å²) in [5.41, 5.74) is 5.06. The monoisotopic (exact) mass is 481 g/mol. The van der Waals surface area contributed by atoms with Crippen LogP contribution in [0.3, 0.4) is 0 Å². The van der Waals surface area contributed by atoms with Gasteiger partial charge in [0, 0.05) is 55.7 Å². The highest BCUT2D eigenvalue weighted by Crippen LogP contribution is 2.30. The number of piperazine rings is 1. The summed E-state index contributed by atoms with van der Waals surface area (Å²) in [5.74, 6) is 0.442. The molecule has 8 heteroatoms. The maximum Gasteiger partial charge on any atom is 0.136 e. The summed E-state index contributed by atoms with van der Waals surface area (Å²) >= 11 is 0. The number of anilines is 1. The molecule has 0 radical (unpaired) electrons. The van der Waals surface area contributed by atoms with Gasteiger partial charge in [-0.3, -0.25) is 4.90 Å². The lowest BCUT2D eigenvalue weighted by Crippen LogP contribution is -2.46. The summed E-state index contributed by atoms with van der Waals surface area (Å²) < 4.78 is 28.5. The van der Waals surface area contributed by atoms with Crippen molar-refractivity contribution in [1.29, 1.82) is 0 Å². The van der Waals surface area contributed by atoms with Crippen LogP contribution in [-0.2, 0) is 6.54 Å². The van der Waals surface area contributed by atoms with Crippen LogP contribution >= 0.6 is 12.4 Å². The molecule has 5 nitrogen and oxygen atoms in total. The summed E-state index contributed by atoms with van der Waals surface area (Å²) in [6.45, 7) is 6.38. The largest absolute Gasteiger partial charge is 0.354 e. The van der Waals surface area contributed by atoms with Gasteiger partial charge in [-0.05, 0) is 61.0 Å². The Morgan fingerprint density at radius 1 is 0.853 bits per heavy atom. The van der Waals surface area contributed by atoms with E-state index >= 15 is 0 Å². The molecule has 0 amide bonds. The highest BCUT2D eigenvalue weighted by atomic mass is 35.5. The fourth-order valence-electron chi connectivity index (χ4n) is 4.30. The number of aromatic nitrogens is 3. The summed E-state index contributed by atoms with van der Waals surface area (Å²) in [5, 5.41) is 4.52. The van der Waals surface area contributed by atoms with Crippen LogP contribution in [0.25, 0.3) is 16.8 Å². The highest BCUT2D eigenvalue weighted by molar-refractivity contribution is 5.85. The zero-order valence-corrected chi connectivity index (χ0v) is 19.7. The zero-order chi connectivity index (χ0) is 22.8. The van der Waals surface area contributed by atoms with E-state index in [0.717, 1.165) is 66.6 Å². The average Bonchev–Trinajstić information content (AvgIpc) is 3.20. The summed E-state index contributed by atoms with van der Waals surface area (Å²) in [4.78, 5) is 9.35. The van der Waals surface area contributed by atoms with Gasteiger partial charge in [0.25, 0.3) is 0 Å². The highest BCUT2D eigenvalue weighted by Gasteiger charge is 2.22. The number of benzene rings is 2. The number of halogens is 3. The summed E-state index contributed by atoms with van der Waals surface area (Å²) in [6.07, 6.45) is 3.71. The molecule has 1 aliphatic rings. The lowest BCUT2D eigenvalue weighted by molar-refractivity contribution is 0.249. The molecule has 34 heavy (non-hydrogen) atoms. The van der Waals surface area contributed by atoms with Crippen molar-refractivity contribution in [1.82, 2.24) is 19.7 Å². The SMILES string of the molecule is Cc1c(CN2CCN(c3ncccc3-c3ccc(F)cc3)CC2)cnn1-c1ccc(F)cc1.Cl. The van der Waals surface area contributed by atoms with E-state index in [1.165, 1.54) is 24.3 Å². The van der Waals surface area contributed by atoms with Gasteiger partial charge in [-0.25, -0.2) is 18.4 Å². The van der Waals surface area contributed by atoms with E-state index < -0.39 is 0 Å². The zero-order valence-electron chi connectivity index (χ0n) is 18.9. The van der Waals surface area contributed by atoms with Crippen molar-refractivity contribution in [3.8, 4) is 16.8 Å². The minimum absolute atomic E-state index is 0. The van der Waals surface area contributed by atoms with E-state index in [1.54, 1.807) is 24.3 Å². The van der Waals surface area contributed by atoms with E-state index in [0.29, 0.717) is 0 Å². The topological polar surface area (TPSA) is 37.2 Å². The molecule has 2 aromatic heterocycles. The second-order valence-electron chi connectivity index (χ2n) is 8.29. The Balaban J connectivity index is 0.00000274. The predicted octanol–water partition coefficient (Wildman–Crippen LogP) is 5.26. The van der Waals surface area contributed by atoms with Gasteiger partial charge in [0.05, 0.1) is 11.9 Å². The van der Waals surface area contributed by atoms with E-state index in [9.17, 15) is 8.78 Å². The molecule has 3 heterocycles. The van der Waals surface area contributed by atoms with Crippen LogP contribution in [0.4, 0.5) is 14.6 Å².